The van der Waals surface area contributed by atoms with Gasteiger partial charge >= 0.3 is 0 Å². The Morgan fingerprint density at radius 1 is 0.938 bits per heavy atom. The maximum absolute atomic E-state index is 13.2. The molecule has 0 unspecified atom stereocenters. The molecule has 5 rings (SSSR count). The SMILES string of the molecule is O=C(NN1CCCC1)c1cc(I)cn2c(-c3ccc(Cl)cc3)c(-c3ccc(Cl)cc3)nc12. The Hall–Kier alpha value is -2.13. The number of hydrogen-bond donors (Lipinski definition) is 1. The topological polar surface area (TPSA) is 49.6 Å². The van der Waals surface area contributed by atoms with Crippen LogP contribution in [0.2, 0.25) is 10.0 Å². The second kappa shape index (κ2) is 9.02. The number of aromatic nitrogens is 2. The van der Waals surface area contributed by atoms with Crippen LogP contribution in [0, 0.1) is 3.57 Å². The molecule has 0 saturated carbocycles. The minimum atomic E-state index is -0.147. The summed E-state index contributed by atoms with van der Waals surface area (Å²) < 4.78 is 2.94. The highest BCUT2D eigenvalue weighted by molar-refractivity contribution is 14.1. The zero-order chi connectivity index (χ0) is 22.2. The second-order valence-corrected chi connectivity index (χ2v) is 9.84. The van der Waals surface area contributed by atoms with Crippen LogP contribution in [0.3, 0.4) is 0 Å². The van der Waals surface area contributed by atoms with E-state index in [0.29, 0.717) is 21.3 Å². The summed E-state index contributed by atoms with van der Waals surface area (Å²) in [5.74, 6) is -0.147. The maximum Gasteiger partial charge on any atom is 0.269 e. The van der Waals surface area contributed by atoms with Gasteiger partial charge in [-0.1, -0.05) is 47.5 Å². The Morgan fingerprint density at radius 2 is 1.53 bits per heavy atom. The van der Waals surface area contributed by atoms with Gasteiger partial charge in [0.1, 0.15) is 0 Å². The van der Waals surface area contributed by atoms with Crippen molar-refractivity contribution in [2.24, 2.45) is 0 Å². The first-order valence-corrected chi connectivity index (χ1v) is 12.1. The average molecular weight is 577 g/mol. The number of benzene rings is 2. The smallest absolute Gasteiger partial charge is 0.269 e. The Morgan fingerprint density at radius 3 is 2.16 bits per heavy atom. The van der Waals surface area contributed by atoms with E-state index in [2.05, 4.69) is 28.0 Å². The van der Waals surface area contributed by atoms with E-state index in [4.69, 9.17) is 28.2 Å². The standard InChI is InChI=1S/C24H19Cl2IN4O/c25-17-7-3-15(4-8-17)21-22(16-5-9-18(26)10-6-16)31-14-19(27)13-20(23(31)28-21)24(32)29-30-11-1-2-12-30/h3-10,13-14H,1-2,11-12H2,(H,29,32). The van der Waals surface area contributed by atoms with Crippen LogP contribution in [-0.4, -0.2) is 33.4 Å². The molecule has 4 aromatic rings. The highest BCUT2D eigenvalue weighted by atomic mass is 127. The molecule has 1 fully saturated rings. The third-order valence-electron chi connectivity index (χ3n) is 5.53. The van der Waals surface area contributed by atoms with Gasteiger partial charge in [0.05, 0.1) is 17.0 Å². The molecule has 162 valence electrons. The van der Waals surface area contributed by atoms with Crippen molar-refractivity contribution in [2.75, 3.05) is 13.1 Å². The van der Waals surface area contributed by atoms with Gasteiger partial charge in [0.25, 0.3) is 5.91 Å². The van der Waals surface area contributed by atoms with Crippen molar-refractivity contribution < 1.29 is 4.79 Å². The number of fused-ring (bicyclic) bond motifs is 1. The van der Waals surface area contributed by atoms with Crippen LogP contribution in [0.1, 0.15) is 23.2 Å². The molecular weight excluding hydrogens is 558 g/mol. The molecule has 32 heavy (non-hydrogen) atoms. The van der Waals surface area contributed by atoms with Gasteiger partial charge in [0, 0.05) is 44.0 Å². The molecule has 2 aromatic heterocycles. The highest BCUT2D eigenvalue weighted by Gasteiger charge is 2.23. The Bertz CT molecular complexity index is 1300. The fourth-order valence-corrected chi connectivity index (χ4v) is 4.85. The van der Waals surface area contributed by atoms with Crippen molar-refractivity contribution in [3.8, 4) is 22.5 Å². The number of halogens is 3. The van der Waals surface area contributed by atoms with E-state index in [9.17, 15) is 4.79 Å². The molecular formula is C24H19Cl2IN4O. The molecule has 0 aliphatic carbocycles. The number of imidazole rings is 1. The quantitative estimate of drug-likeness (QED) is 0.289. The summed E-state index contributed by atoms with van der Waals surface area (Å²) in [4.78, 5) is 18.2. The number of amides is 1. The first-order chi connectivity index (χ1) is 15.5. The number of pyridine rings is 1. The number of hydrogen-bond acceptors (Lipinski definition) is 3. The molecule has 3 heterocycles. The summed E-state index contributed by atoms with van der Waals surface area (Å²) >= 11 is 14.5. The molecule has 1 N–H and O–H groups in total. The van der Waals surface area contributed by atoms with Crippen molar-refractivity contribution >= 4 is 57.3 Å². The first-order valence-electron chi connectivity index (χ1n) is 10.3. The molecule has 1 aliphatic heterocycles. The van der Waals surface area contributed by atoms with Gasteiger partial charge in [-0.25, -0.2) is 9.99 Å². The molecule has 0 spiro atoms. The molecule has 0 atom stereocenters. The lowest BCUT2D eigenvalue weighted by molar-refractivity contribution is 0.0827. The lowest BCUT2D eigenvalue weighted by Crippen LogP contribution is -2.40. The molecule has 1 amide bonds. The minimum Gasteiger partial charge on any atom is -0.297 e. The monoisotopic (exact) mass is 576 g/mol. The van der Waals surface area contributed by atoms with Crippen LogP contribution in [0.15, 0.2) is 60.8 Å². The van der Waals surface area contributed by atoms with E-state index in [-0.39, 0.29) is 5.91 Å². The number of carbonyl (C=O) groups is 1. The molecule has 0 bridgehead atoms. The van der Waals surface area contributed by atoms with Crippen LogP contribution in [0.4, 0.5) is 0 Å². The van der Waals surface area contributed by atoms with Crippen LogP contribution in [0.25, 0.3) is 28.2 Å². The number of hydrazine groups is 1. The maximum atomic E-state index is 13.2. The summed E-state index contributed by atoms with van der Waals surface area (Å²) in [7, 11) is 0. The van der Waals surface area contributed by atoms with Crippen LogP contribution in [0.5, 0.6) is 0 Å². The van der Waals surface area contributed by atoms with Crippen molar-refractivity contribution in [3.05, 3.63) is 80.0 Å². The van der Waals surface area contributed by atoms with Crippen molar-refractivity contribution in [1.29, 1.82) is 0 Å². The van der Waals surface area contributed by atoms with E-state index >= 15 is 0 Å². The minimum absolute atomic E-state index is 0.147. The number of nitrogens with zero attached hydrogens (tertiary/aromatic N) is 3. The van der Waals surface area contributed by atoms with E-state index in [1.54, 1.807) is 0 Å². The molecule has 5 nitrogen and oxygen atoms in total. The highest BCUT2D eigenvalue weighted by Crippen LogP contribution is 2.35. The lowest BCUT2D eigenvalue weighted by Gasteiger charge is -2.16. The summed E-state index contributed by atoms with van der Waals surface area (Å²) in [5.41, 5.74) is 7.74. The van der Waals surface area contributed by atoms with E-state index < -0.39 is 0 Å². The van der Waals surface area contributed by atoms with Gasteiger partial charge in [-0.05, 0) is 65.8 Å². The Labute approximate surface area is 209 Å². The largest absolute Gasteiger partial charge is 0.297 e. The fourth-order valence-electron chi connectivity index (χ4n) is 4.00. The Balaban J connectivity index is 1.72. The lowest BCUT2D eigenvalue weighted by atomic mass is 10.0. The van der Waals surface area contributed by atoms with Gasteiger partial charge in [-0.3, -0.25) is 14.6 Å². The van der Waals surface area contributed by atoms with Crippen molar-refractivity contribution in [2.45, 2.75) is 12.8 Å². The van der Waals surface area contributed by atoms with Crippen LogP contribution < -0.4 is 5.43 Å². The predicted molar refractivity (Wildman–Crippen MR) is 137 cm³/mol. The van der Waals surface area contributed by atoms with Gasteiger partial charge in [0.2, 0.25) is 0 Å². The van der Waals surface area contributed by atoms with E-state index in [1.807, 2.05) is 70.2 Å². The zero-order valence-corrected chi connectivity index (χ0v) is 20.7. The van der Waals surface area contributed by atoms with Gasteiger partial charge < -0.3 is 0 Å². The zero-order valence-electron chi connectivity index (χ0n) is 17.0. The third-order valence-corrected chi connectivity index (χ3v) is 6.63. The van der Waals surface area contributed by atoms with Crippen LogP contribution in [-0.2, 0) is 0 Å². The van der Waals surface area contributed by atoms with Crippen molar-refractivity contribution in [3.63, 3.8) is 0 Å². The molecule has 2 aromatic carbocycles. The van der Waals surface area contributed by atoms with Gasteiger partial charge in [-0.2, -0.15) is 0 Å². The van der Waals surface area contributed by atoms with Crippen molar-refractivity contribution in [1.82, 2.24) is 19.8 Å². The summed E-state index contributed by atoms with van der Waals surface area (Å²) in [6, 6.07) is 17.1. The molecule has 8 heteroatoms. The number of nitrogens with one attached hydrogen (secondary N) is 1. The molecule has 1 saturated heterocycles. The summed E-state index contributed by atoms with van der Waals surface area (Å²) in [6.45, 7) is 1.74. The number of carbonyl (C=O) groups excluding carboxylic acids is 1. The molecule has 0 radical (unpaired) electrons. The van der Waals surface area contributed by atoms with E-state index in [1.165, 1.54) is 0 Å². The number of rotatable bonds is 4. The normalized spacial score (nSPS) is 14.2. The fraction of sp³-hybridized carbons (Fsp3) is 0.167. The third kappa shape index (κ3) is 4.24. The predicted octanol–water partition coefficient (Wildman–Crippen LogP) is 6.32. The second-order valence-electron chi connectivity index (χ2n) is 7.72. The summed E-state index contributed by atoms with van der Waals surface area (Å²) in [6.07, 6.45) is 4.18. The Kier molecular flexibility index (Phi) is 6.11. The molecule has 1 aliphatic rings. The van der Waals surface area contributed by atoms with Gasteiger partial charge in [-0.15, -0.1) is 0 Å². The average Bonchev–Trinajstić information content (AvgIpc) is 3.42. The van der Waals surface area contributed by atoms with Gasteiger partial charge in [0.15, 0.2) is 5.65 Å². The first kappa shape index (κ1) is 21.7. The van der Waals surface area contributed by atoms with E-state index in [0.717, 1.165) is 52.0 Å². The summed E-state index contributed by atoms with van der Waals surface area (Å²) in [5, 5.41) is 3.30. The van der Waals surface area contributed by atoms with Crippen LogP contribution >= 0.6 is 45.8 Å².